The van der Waals surface area contributed by atoms with Crippen molar-refractivity contribution in [1.29, 1.82) is 0 Å². The molecule has 3 aromatic rings. The van der Waals surface area contributed by atoms with Crippen LogP contribution < -0.4 is 0 Å². The molecule has 1 unspecified atom stereocenters. The molecule has 1 aliphatic rings. The van der Waals surface area contributed by atoms with Crippen LogP contribution in [-0.4, -0.2) is 45.1 Å². The highest BCUT2D eigenvalue weighted by Gasteiger charge is 2.21. The zero-order chi connectivity index (χ0) is 19.3. The van der Waals surface area contributed by atoms with Gasteiger partial charge in [0.15, 0.2) is 11.0 Å². The molecular formula is C22H28N4OS. The lowest BCUT2D eigenvalue weighted by Gasteiger charge is -2.32. The van der Waals surface area contributed by atoms with E-state index in [1.54, 1.807) is 6.26 Å². The lowest BCUT2D eigenvalue weighted by molar-refractivity contribution is 0.182. The fourth-order valence-corrected chi connectivity index (χ4v) is 4.89. The summed E-state index contributed by atoms with van der Waals surface area (Å²) in [6, 6.07) is 13.2. The molecule has 1 fully saturated rings. The van der Waals surface area contributed by atoms with Crippen molar-refractivity contribution in [2.45, 2.75) is 50.4 Å². The number of nitrogens with zero attached hydrogens (tertiary/aromatic N) is 4. The van der Waals surface area contributed by atoms with E-state index in [-0.39, 0.29) is 0 Å². The Morgan fingerprint density at radius 2 is 2.00 bits per heavy atom. The number of thioether (sulfide) groups is 1. The van der Waals surface area contributed by atoms with Gasteiger partial charge in [-0.25, -0.2) is 0 Å². The number of furan rings is 1. The average molecular weight is 397 g/mol. The van der Waals surface area contributed by atoms with Crippen molar-refractivity contribution >= 4 is 11.8 Å². The minimum absolute atomic E-state index is 0.697. The van der Waals surface area contributed by atoms with Gasteiger partial charge in [-0.1, -0.05) is 48.5 Å². The van der Waals surface area contributed by atoms with Gasteiger partial charge < -0.3 is 9.32 Å². The van der Waals surface area contributed by atoms with Crippen LogP contribution in [0.2, 0.25) is 0 Å². The minimum atomic E-state index is 0.697. The van der Waals surface area contributed by atoms with Gasteiger partial charge in [0.1, 0.15) is 5.76 Å². The van der Waals surface area contributed by atoms with E-state index < -0.39 is 0 Å². The minimum Gasteiger partial charge on any atom is -0.469 e. The summed E-state index contributed by atoms with van der Waals surface area (Å²) in [5.74, 6) is 2.82. The van der Waals surface area contributed by atoms with Gasteiger partial charge in [-0.05, 0) is 51.4 Å². The van der Waals surface area contributed by atoms with Crippen LogP contribution >= 0.6 is 11.8 Å². The van der Waals surface area contributed by atoms with Crippen molar-refractivity contribution in [3.8, 4) is 11.4 Å². The van der Waals surface area contributed by atoms with Gasteiger partial charge >= 0.3 is 0 Å². The average Bonchev–Trinajstić information content (AvgIpc) is 3.30. The second-order valence-electron chi connectivity index (χ2n) is 7.54. The molecule has 28 heavy (non-hydrogen) atoms. The molecule has 3 heterocycles. The van der Waals surface area contributed by atoms with Crippen LogP contribution in [0.25, 0.3) is 11.4 Å². The smallest absolute Gasteiger partial charge is 0.191 e. The summed E-state index contributed by atoms with van der Waals surface area (Å²) in [5, 5.41) is 10.0. The zero-order valence-electron chi connectivity index (χ0n) is 16.7. The van der Waals surface area contributed by atoms with Crippen molar-refractivity contribution in [2.24, 2.45) is 0 Å². The predicted molar refractivity (Wildman–Crippen MR) is 114 cm³/mol. The topological polar surface area (TPSA) is 47.1 Å². The van der Waals surface area contributed by atoms with Crippen molar-refractivity contribution in [2.75, 3.05) is 19.3 Å². The van der Waals surface area contributed by atoms with Crippen LogP contribution in [0.4, 0.5) is 0 Å². The quantitative estimate of drug-likeness (QED) is 0.534. The summed E-state index contributed by atoms with van der Waals surface area (Å²) in [7, 11) is 2.26. The van der Waals surface area contributed by atoms with Crippen LogP contribution in [0.5, 0.6) is 0 Å². The molecule has 5 nitrogen and oxygen atoms in total. The third-order valence-corrected chi connectivity index (χ3v) is 6.60. The first-order valence-corrected chi connectivity index (χ1v) is 11.1. The maximum absolute atomic E-state index is 5.51. The van der Waals surface area contributed by atoms with Gasteiger partial charge in [-0.2, -0.15) is 0 Å². The van der Waals surface area contributed by atoms with Gasteiger partial charge in [0.2, 0.25) is 0 Å². The molecule has 0 bridgehead atoms. The highest BCUT2D eigenvalue weighted by Crippen LogP contribution is 2.29. The molecule has 0 aliphatic carbocycles. The SMILES string of the molecule is Cc1occc1-c1nnc(SCCC2CCCCN2C)n1Cc1ccccc1. The van der Waals surface area contributed by atoms with E-state index >= 15 is 0 Å². The van der Waals surface area contributed by atoms with Gasteiger partial charge in [-0.15, -0.1) is 10.2 Å². The lowest BCUT2D eigenvalue weighted by atomic mass is 10.0. The van der Waals surface area contributed by atoms with E-state index in [2.05, 4.69) is 51.0 Å². The fraction of sp³-hybridized carbons (Fsp3) is 0.455. The van der Waals surface area contributed by atoms with Crippen molar-refractivity contribution in [3.05, 3.63) is 54.0 Å². The molecule has 0 spiro atoms. The van der Waals surface area contributed by atoms with Crippen molar-refractivity contribution in [1.82, 2.24) is 19.7 Å². The van der Waals surface area contributed by atoms with Crippen LogP contribution in [-0.2, 0) is 6.54 Å². The normalized spacial score (nSPS) is 17.9. The molecule has 0 saturated carbocycles. The number of piperidine rings is 1. The Bertz CT molecular complexity index is 889. The summed E-state index contributed by atoms with van der Waals surface area (Å²) in [6.45, 7) is 3.96. The maximum atomic E-state index is 5.51. The number of likely N-dealkylation sites (tertiary alicyclic amines) is 1. The number of benzene rings is 1. The van der Waals surface area contributed by atoms with E-state index in [1.807, 2.05) is 30.8 Å². The fourth-order valence-electron chi connectivity index (χ4n) is 3.92. The number of aromatic nitrogens is 3. The Morgan fingerprint density at radius 3 is 2.75 bits per heavy atom. The third-order valence-electron chi connectivity index (χ3n) is 5.60. The number of hydrogen-bond donors (Lipinski definition) is 0. The molecule has 1 aromatic carbocycles. The highest BCUT2D eigenvalue weighted by atomic mass is 32.2. The molecule has 1 aliphatic heterocycles. The van der Waals surface area contributed by atoms with Crippen molar-refractivity contribution in [3.63, 3.8) is 0 Å². The van der Waals surface area contributed by atoms with E-state index in [0.29, 0.717) is 6.04 Å². The van der Waals surface area contributed by atoms with Crippen LogP contribution in [0.1, 0.15) is 37.0 Å². The van der Waals surface area contributed by atoms with Crippen LogP contribution in [0.15, 0.2) is 52.2 Å². The number of hydrogen-bond acceptors (Lipinski definition) is 5. The van der Waals surface area contributed by atoms with E-state index in [1.165, 1.54) is 37.8 Å². The Morgan fingerprint density at radius 1 is 1.14 bits per heavy atom. The van der Waals surface area contributed by atoms with Crippen LogP contribution in [0.3, 0.4) is 0 Å². The molecule has 0 N–H and O–H groups in total. The predicted octanol–water partition coefficient (Wildman–Crippen LogP) is 4.86. The molecule has 148 valence electrons. The summed E-state index contributed by atoms with van der Waals surface area (Å²) in [5.41, 5.74) is 2.26. The standard InChI is InChI=1S/C22H28N4OS/c1-17-20(11-14-27-17)21-23-24-22(26(21)16-18-8-4-3-5-9-18)28-15-12-19-10-6-7-13-25(19)2/h3-5,8-9,11,14,19H,6-7,10,12-13,15-16H2,1-2H3. The lowest BCUT2D eigenvalue weighted by Crippen LogP contribution is -2.36. The second kappa shape index (κ2) is 8.97. The van der Waals surface area contributed by atoms with E-state index in [0.717, 1.165) is 34.6 Å². The van der Waals surface area contributed by atoms with Gasteiger partial charge in [0.25, 0.3) is 0 Å². The Balaban J connectivity index is 1.53. The largest absolute Gasteiger partial charge is 0.469 e. The summed E-state index contributed by atoms with van der Waals surface area (Å²) >= 11 is 1.82. The van der Waals surface area contributed by atoms with Gasteiger partial charge in [0, 0.05) is 11.8 Å². The van der Waals surface area contributed by atoms with E-state index in [4.69, 9.17) is 4.42 Å². The molecular weight excluding hydrogens is 368 g/mol. The van der Waals surface area contributed by atoms with Gasteiger partial charge in [-0.3, -0.25) is 4.57 Å². The molecule has 0 amide bonds. The third kappa shape index (κ3) is 4.33. The Labute approximate surface area is 171 Å². The molecule has 6 heteroatoms. The zero-order valence-corrected chi connectivity index (χ0v) is 17.5. The molecule has 4 rings (SSSR count). The number of aryl methyl sites for hydroxylation is 1. The first-order chi connectivity index (χ1) is 13.7. The number of rotatable bonds is 7. The first-order valence-electron chi connectivity index (χ1n) is 10.1. The summed E-state index contributed by atoms with van der Waals surface area (Å²) in [6.07, 6.45) is 6.91. The maximum Gasteiger partial charge on any atom is 0.191 e. The molecule has 1 saturated heterocycles. The second-order valence-corrected chi connectivity index (χ2v) is 8.60. The van der Waals surface area contributed by atoms with Gasteiger partial charge in [0.05, 0.1) is 18.4 Å². The monoisotopic (exact) mass is 396 g/mol. The van der Waals surface area contributed by atoms with Crippen molar-refractivity contribution < 1.29 is 4.42 Å². The van der Waals surface area contributed by atoms with Crippen LogP contribution in [0, 0.1) is 6.92 Å². The molecule has 2 aromatic heterocycles. The first kappa shape index (κ1) is 19.3. The molecule has 1 atom stereocenters. The van der Waals surface area contributed by atoms with E-state index in [9.17, 15) is 0 Å². The molecule has 0 radical (unpaired) electrons. The summed E-state index contributed by atoms with van der Waals surface area (Å²) in [4.78, 5) is 2.51. The summed E-state index contributed by atoms with van der Waals surface area (Å²) < 4.78 is 7.74. The highest BCUT2D eigenvalue weighted by molar-refractivity contribution is 7.99. The Kier molecular flexibility index (Phi) is 6.17. The Hall–Kier alpha value is -2.05.